The van der Waals surface area contributed by atoms with E-state index in [1.165, 1.54) is 0 Å². The molecule has 6 heteroatoms. The van der Waals surface area contributed by atoms with Crippen molar-refractivity contribution in [1.82, 2.24) is 9.71 Å². The quantitative estimate of drug-likeness (QED) is 0.915. The molecule has 1 aromatic carbocycles. The van der Waals surface area contributed by atoms with E-state index in [2.05, 4.69) is 9.71 Å². The largest absolute Gasteiger partial charge is 0.445 e. The molecule has 0 radical (unpaired) electrons. The lowest BCUT2D eigenvalue weighted by Gasteiger charge is -2.07. The van der Waals surface area contributed by atoms with E-state index in [0.29, 0.717) is 17.2 Å². The minimum atomic E-state index is -3.53. The number of hydrogen-bond acceptors (Lipinski definition) is 4. The highest BCUT2D eigenvalue weighted by atomic mass is 32.2. The number of aryl methyl sites for hydroxylation is 2. The number of nitrogens with zero attached hydrogens (tertiary/aromatic N) is 1. The summed E-state index contributed by atoms with van der Waals surface area (Å²) in [6.45, 7) is 3.56. The Bertz CT molecular complexity index is 647. The smallest absolute Gasteiger partial charge is 0.241 e. The standard InChI is InChI=1S/C12H14N2O3S/c1-9-5-3-4-6-11(9)18(15,16)14-8-12-13-7-10(2)17-12/h3-7,14H,8H2,1-2H3. The van der Waals surface area contributed by atoms with Gasteiger partial charge in [0.25, 0.3) is 0 Å². The van der Waals surface area contributed by atoms with Crippen LogP contribution in [0.15, 0.2) is 39.8 Å². The number of hydrogen-bond donors (Lipinski definition) is 1. The van der Waals surface area contributed by atoms with Crippen molar-refractivity contribution in [3.05, 3.63) is 47.7 Å². The molecule has 0 aliphatic rings. The van der Waals surface area contributed by atoms with Gasteiger partial charge in [0.2, 0.25) is 15.9 Å². The zero-order valence-electron chi connectivity index (χ0n) is 10.2. The summed E-state index contributed by atoms with van der Waals surface area (Å²) >= 11 is 0. The number of rotatable bonds is 4. The average molecular weight is 266 g/mol. The predicted molar refractivity (Wildman–Crippen MR) is 66.4 cm³/mol. The van der Waals surface area contributed by atoms with E-state index in [-0.39, 0.29) is 11.4 Å². The van der Waals surface area contributed by atoms with Crippen LogP contribution in [-0.2, 0) is 16.6 Å². The zero-order valence-corrected chi connectivity index (χ0v) is 11.0. The molecule has 1 aromatic heterocycles. The Morgan fingerprint density at radius 3 is 2.61 bits per heavy atom. The van der Waals surface area contributed by atoms with Crippen molar-refractivity contribution in [2.45, 2.75) is 25.3 Å². The van der Waals surface area contributed by atoms with Crippen molar-refractivity contribution in [3.8, 4) is 0 Å². The number of sulfonamides is 1. The van der Waals surface area contributed by atoms with E-state index in [0.717, 1.165) is 0 Å². The van der Waals surface area contributed by atoms with Crippen molar-refractivity contribution in [3.63, 3.8) is 0 Å². The van der Waals surface area contributed by atoms with Gasteiger partial charge < -0.3 is 4.42 Å². The van der Waals surface area contributed by atoms with Crippen LogP contribution >= 0.6 is 0 Å². The Balaban J connectivity index is 2.16. The highest BCUT2D eigenvalue weighted by molar-refractivity contribution is 7.89. The number of benzene rings is 1. The summed E-state index contributed by atoms with van der Waals surface area (Å²) in [5, 5.41) is 0. The minimum Gasteiger partial charge on any atom is -0.445 e. The maximum Gasteiger partial charge on any atom is 0.241 e. The van der Waals surface area contributed by atoms with Crippen LogP contribution in [0.1, 0.15) is 17.2 Å². The Morgan fingerprint density at radius 1 is 1.28 bits per heavy atom. The van der Waals surface area contributed by atoms with Crippen LogP contribution in [0.5, 0.6) is 0 Å². The van der Waals surface area contributed by atoms with E-state index in [1.54, 1.807) is 44.3 Å². The summed E-state index contributed by atoms with van der Waals surface area (Å²) in [5.41, 5.74) is 0.702. The Labute approximate surface area is 106 Å². The molecule has 2 aromatic rings. The summed E-state index contributed by atoms with van der Waals surface area (Å²) in [4.78, 5) is 4.21. The summed E-state index contributed by atoms with van der Waals surface area (Å²) in [7, 11) is -3.53. The van der Waals surface area contributed by atoms with Gasteiger partial charge in [-0.1, -0.05) is 18.2 Å². The molecule has 0 amide bonds. The van der Waals surface area contributed by atoms with E-state index in [4.69, 9.17) is 4.42 Å². The van der Waals surface area contributed by atoms with E-state index >= 15 is 0 Å². The van der Waals surface area contributed by atoms with E-state index in [1.807, 2.05) is 0 Å². The van der Waals surface area contributed by atoms with Gasteiger partial charge in [-0.2, -0.15) is 0 Å². The van der Waals surface area contributed by atoms with Crippen molar-refractivity contribution in [2.75, 3.05) is 0 Å². The van der Waals surface area contributed by atoms with Crippen LogP contribution < -0.4 is 4.72 Å². The fourth-order valence-corrected chi connectivity index (χ4v) is 2.79. The van der Waals surface area contributed by atoms with Gasteiger partial charge in [-0.05, 0) is 25.5 Å². The molecule has 2 rings (SSSR count). The molecule has 0 fully saturated rings. The summed E-state index contributed by atoms with van der Waals surface area (Å²) in [6, 6.07) is 6.81. The molecule has 5 nitrogen and oxygen atoms in total. The summed E-state index contributed by atoms with van der Waals surface area (Å²) < 4.78 is 31.8. The highest BCUT2D eigenvalue weighted by Gasteiger charge is 2.16. The second-order valence-electron chi connectivity index (χ2n) is 3.95. The van der Waals surface area contributed by atoms with Gasteiger partial charge in [0.1, 0.15) is 5.76 Å². The fraction of sp³-hybridized carbons (Fsp3) is 0.250. The molecule has 0 saturated carbocycles. The fourth-order valence-electron chi connectivity index (χ4n) is 1.58. The molecule has 1 N–H and O–H groups in total. The second kappa shape index (κ2) is 4.91. The predicted octanol–water partition coefficient (Wildman–Crippen LogP) is 1.77. The molecule has 1 heterocycles. The topological polar surface area (TPSA) is 72.2 Å². The number of aromatic nitrogens is 1. The molecule has 0 atom stereocenters. The third-order valence-electron chi connectivity index (χ3n) is 2.47. The maximum atomic E-state index is 12.1. The number of oxazole rings is 1. The third-order valence-corrected chi connectivity index (χ3v) is 4.03. The first-order chi connectivity index (χ1) is 8.49. The van der Waals surface area contributed by atoms with Gasteiger partial charge in [-0.15, -0.1) is 0 Å². The molecule has 0 spiro atoms. The molecule has 96 valence electrons. The first-order valence-corrected chi connectivity index (χ1v) is 6.94. The summed E-state index contributed by atoms with van der Waals surface area (Å²) in [5.74, 6) is 1.00. The first kappa shape index (κ1) is 12.8. The molecule has 0 aliphatic carbocycles. The zero-order chi connectivity index (χ0) is 13.2. The lowest BCUT2D eigenvalue weighted by molar-refractivity contribution is 0.463. The maximum absolute atomic E-state index is 12.1. The first-order valence-electron chi connectivity index (χ1n) is 5.45. The van der Waals surface area contributed by atoms with Gasteiger partial charge in [-0.3, -0.25) is 0 Å². The third kappa shape index (κ3) is 2.77. The molecule has 18 heavy (non-hydrogen) atoms. The SMILES string of the molecule is Cc1cnc(CNS(=O)(=O)c2ccccc2C)o1. The van der Waals surface area contributed by atoms with Gasteiger partial charge in [0.05, 0.1) is 17.6 Å². The van der Waals surface area contributed by atoms with Crippen LogP contribution in [0, 0.1) is 13.8 Å². The molecule has 0 bridgehead atoms. The Hall–Kier alpha value is -1.66. The molecule has 0 saturated heterocycles. The van der Waals surface area contributed by atoms with Crippen LogP contribution in [0.3, 0.4) is 0 Å². The highest BCUT2D eigenvalue weighted by Crippen LogP contribution is 2.14. The molecule has 0 unspecified atom stereocenters. The van der Waals surface area contributed by atoms with Gasteiger partial charge >= 0.3 is 0 Å². The van der Waals surface area contributed by atoms with Gasteiger partial charge in [0.15, 0.2) is 0 Å². The van der Waals surface area contributed by atoms with Crippen molar-refractivity contribution < 1.29 is 12.8 Å². The Morgan fingerprint density at radius 2 is 2.00 bits per heavy atom. The van der Waals surface area contributed by atoms with Crippen LogP contribution in [0.4, 0.5) is 0 Å². The van der Waals surface area contributed by atoms with E-state index < -0.39 is 10.0 Å². The lowest BCUT2D eigenvalue weighted by atomic mass is 10.2. The van der Waals surface area contributed by atoms with Crippen molar-refractivity contribution >= 4 is 10.0 Å². The monoisotopic (exact) mass is 266 g/mol. The molecular formula is C12H14N2O3S. The Kier molecular flexibility index (Phi) is 3.49. The summed E-state index contributed by atoms with van der Waals surface area (Å²) in [6.07, 6.45) is 1.55. The van der Waals surface area contributed by atoms with Crippen LogP contribution in [0.2, 0.25) is 0 Å². The second-order valence-corrected chi connectivity index (χ2v) is 5.69. The van der Waals surface area contributed by atoms with E-state index in [9.17, 15) is 8.42 Å². The van der Waals surface area contributed by atoms with Crippen LogP contribution in [-0.4, -0.2) is 13.4 Å². The van der Waals surface area contributed by atoms with Gasteiger partial charge in [-0.25, -0.2) is 18.1 Å². The molecule has 0 aliphatic heterocycles. The van der Waals surface area contributed by atoms with Crippen molar-refractivity contribution in [2.24, 2.45) is 0 Å². The van der Waals surface area contributed by atoms with Crippen LogP contribution in [0.25, 0.3) is 0 Å². The minimum absolute atomic E-state index is 0.0461. The number of nitrogens with one attached hydrogen (secondary N) is 1. The van der Waals surface area contributed by atoms with Gasteiger partial charge in [0, 0.05) is 0 Å². The average Bonchev–Trinajstić information content (AvgIpc) is 2.73. The van der Waals surface area contributed by atoms with Crippen molar-refractivity contribution in [1.29, 1.82) is 0 Å². The molecular weight excluding hydrogens is 252 g/mol. The lowest BCUT2D eigenvalue weighted by Crippen LogP contribution is -2.24. The normalized spacial score (nSPS) is 11.7.